The molecule has 0 fully saturated rings. The zero-order valence-electron chi connectivity index (χ0n) is 1.67. The van der Waals surface area contributed by atoms with E-state index in [0.717, 1.165) is 0 Å². The van der Waals surface area contributed by atoms with Gasteiger partial charge in [-0.15, -0.1) is 0 Å². The van der Waals surface area contributed by atoms with Crippen LogP contribution in [-0.4, -0.2) is 0 Å². The van der Waals surface area contributed by atoms with Gasteiger partial charge in [-0.05, 0) is 0 Å². The van der Waals surface area contributed by atoms with Crippen LogP contribution in [-0.2, 0) is 66.1 Å². The molecule has 0 aliphatic heterocycles. The molecular formula is NbNiOTi+9. The Kier molecular flexibility index (Phi) is 201. The van der Waals surface area contributed by atoms with Gasteiger partial charge in [0.2, 0.25) is 0 Å². The van der Waals surface area contributed by atoms with Gasteiger partial charge in [0.25, 0.3) is 0 Å². The van der Waals surface area contributed by atoms with Crippen LogP contribution in [0.1, 0.15) is 0 Å². The first-order valence-electron chi connectivity index (χ1n) is 0. The Labute approximate surface area is 65.5 Å². The molecule has 0 amide bonds. The van der Waals surface area contributed by atoms with Crippen molar-refractivity contribution in [3.8, 4) is 0 Å². The van der Waals surface area contributed by atoms with Crippen LogP contribution in [0.3, 0.4) is 0 Å². The topological polar surface area (TPSA) is 28.5 Å². The quantitative estimate of drug-likeness (QED) is 0.504. The summed E-state index contributed by atoms with van der Waals surface area (Å²) in [4.78, 5) is 0. The number of hydrogen-bond donors (Lipinski definition) is 0. The van der Waals surface area contributed by atoms with Crippen molar-refractivity contribution in [1.29, 1.82) is 0 Å². The van der Waals surface area contributed by atoms with Gasteiger partial charge < -0.3 is 5.48 Å². The summed E-state index contributed by atoms with van der Waals surface area (Å²) in [5, 5.41) is 0. The maximum atomic E-state index is 0. The molecule has 1 nitrogen and oxygen atoms in total. The molecule has 4 heavy (non-hydrogen) atoms. The molecule has 0 aliphatic rings. The zero-order chi connectivity index (χ0) is 0. The summed E-state index contributed by atoms with van der Waals surface area (Å²) < 4.78 is 0. The Morgan fingerprint density at radius 1 is 1.00 bits per heavy atom. The molecule has 0 saturated heterocycles. The third-order valence-corrected chi connectivity index (χ3v) is 0. The maximum Gasteiger partial charge on any atom is 5.00 e. The summed E-state index contributed by atoms with van der Waals surface area (Å²) in [6.45, 7) is 0. The molecule has 0 bridgehead atoms. The van der Waals surface area contributed by atoms with Crippen molar-refractivity contribution in [3.63, 3.8) is 0 Å². The summed E-state index contributed by atoms with van der Waals surface area (Å²) >= 11 is 0. The van der Waals surface area contributed by atoms with E-state index in [2.05, 4.69) is 0 Å². The molecular weight excluding hydrogens is 215 g/mol. The van der Waals surface area contributed by atoms with Crippen LogP contribution in [0.25, 0.3) is 0 Å². The predicted octanol–water partition coefficient (Wildman–Crippen LogP) is -0.126. The van der Waals surface area contributed by atoms with Gasteiger partial charge in [0, 0.05) is 0 Å². The predicted molar refractivity (Wildman–Crippen MR) is 0.686 cm³/mol. The Balaban J connectivity index is 0. The maximum absolute atomic E-state index is 0. The second-order valence-electron chi connectivity index (χ2n) is 0. The average Bonchev–Trinajstić information content (AvgIpc) is 0. The SMILES string of the molecule is [Nb+5].[Ni+2].[O-2].[Ti+4]. The average molecular weight is 215 g/mol. The van der Waals surface area contributed by atoms with Crippen molar-refractivity contribution in [2.24, 2.45) is 0 Å². The van der Waals surface area contributed by atoms with Crippen molar-refractivity contribution in [2.75, 3.05) is 0 Å². The van der Waals surface area contributed by atoms with E-state index in [1.165, 1.54) is 0 Å². The molecule has 0 aromatic heterocycles. The summed E-state index contributed by atoms with van der Waals surface area (Å²) in [6.07, 6.45) is 0. The first-order chi connectivity index (χ1) is 0. The fraction of sp³-hybridized carbons (Fsp3) is 0. The first-order valence-corrected chi connectivity index (χ1v) is 0. The fourth-order valence-corrected chi connectivity index (χ4v) is 0. The fourth-order valence-electron chi connectivity index (χ4n) is 0. The van der Waals surface area contributed by atoms with Crippen molar-refractivity contribution in [3.05, 3.63) is 0 Å². The van der Waals surface area contributed by atoms with Crippen molar-refractivity contribution >= 4 is 0 Å². The van der Waals surface area contributed by atoms with Crippen LogP contribution >= 0.6 is 0 Å². The van der Waals surface area contributed by atoms with E-state index in [9.17, 15) is 0 Å². The molecule has 16 valence electrons. The largest absolute Gasteiger partial charge is 5.00 e. The van der Waals surface area contributed by atoms with E-state index in [-0.39, 0.29) is 66.1 Å². The third kappa shape index (κ3) is 9.08. The molecule has 4 heteroatoms. The molecule has 0 radical (unpaired) electrons. The minimum Gasteiger partial charge on any atom is -2.00 e. The van der Waals surface area contributed by atoms with Crippen LogP contribution in [0.15, 0.2) is 0 Å². The van der Waals surface area contributed by atoms with Gasteiger partial charge in [0.05, 0.1) is 0 Å². The molecule has 0 atom stereocenters. The van der Waals surface area contributed by atoms with Crippen molar-refractivity contribution in [1.82, 2.24) is 0 Å². The Hall–Kier alpha value is 1.91. The molecule has 0 spiro atoms. The van der Waals surface area contributed by atoms with Crippen LogP contribution in [0, 0.1) is 0 Å². The Morgan fingerprint density at radius 2 is 1.00 bits per heavy atom. The van der Waals surface area contributed by atoms with Gasteiger partial charge in [0.1, 0.15) is 0 Å². The van der Waals surface area contributed by atoms with Gasteiger partial charge in [0.15, 0.2) is 0 Å². The third-order valence-electron chi connectivity index (χ3n) is 0. The van der Waals surface area contributed by atoms with E-state index in [1.807, 2.05) is 0 Å². The Bertz CT molecular complexity index is 8.00. The molecule has 0 aromatic rings. The van der Waals surface area contributed by atoms with Crippen molar-refractivity contribution in [2.45, 2.75) is 0 Å². The minimum atomic E-state index is 0. The van der Waals surface area contributed by atoms with Crippen LogP contribution < -0.4 is 0 Å². The summed E-state index contributed by atoms with van der Waals surface area (Å²) in [5.74, 6) is 0. The van der Waals surface area contributed by atoms with E-state index in [1.54, 1.807) is 0 Å². The van der Waals surface area contributed by atoms with E-state index in [0.29, 0.717) is 0 Å². The summed E-state index contributed by atoms with van der Waals surface area (Å²) in [7, 11) is 0. The summed E-state index contributed by atoms with van der Waals surface area (Å²) in [6, 6.07) is 0. The van der Waals surface area contributed by atoms with Gasteiger partial charge in [-0.25, -0.2) is 0 Å². The van der Waals surface area contributed by atoms with Crippen LogP contribution in [0.4, 0.5) is 0 Å². The standard InChI is InChI=1S/Nb.Ni.O.Ti/q+5;+2;-2;+4. The van der Waals surface area contributed by atoms with Crippen molar-refractivity contribution < 1.29 is 66.1 Å². The van der Waals surface area contributed by atoms with Crippen LogP contribution in [0.2, 0.25) is 0 Å². The molecule has 0 saturated carbocycles. The van der Waals surface area contributed by atoms with E-state index in [4.69, 9.17) is 0 Å². The number of hydrogen-bond acceptors (Lipinski definition) is 0. The summed E-state index contributed by atoms with van der Waals surface area (Å²) in [5.41, 5.74) is 0. The Morgan fingerprint density at radius 3 is 1.00 bits per heavy atom. The monoisotopic (exact) mass is 215 g/mol. The van der Waals surface area contributed by atoms with Crippen LogP contribution in [0.5, 0.6) is 0 Å². The van der Waals surface area contributed by atoms with E-state index < -0.39 is 0 Å². The van der Waals surface area contributed by atoms with Gasteiger partial charge in [-0.3, -0.25) is 0 Å². The zero-order valence-corrected chi connectivity index (χ0v) is 6.42. The number of rotatable bonds is 0. The molecule has 0 aliphatic carbocycles. The molecule has 0 heterocycles. The van der Waals surface area contributed by atoms with Gasteiger partial charge >= 0.3 is 60.6 Å². The van der Waals surface area contributed by atoms with Gasteiger partial charge in [-0.1, -0.05) is 0 Å². The minimum absolute atomic E-state index is 0. The molecule has 0 rings (SSSR count). The molecule has 0 aromatic carbocycles. The first kappa shape index (κ1) is 39.1. The smallest absolute Gasteiger partial charge is 2.00 e. The molecule has 0 unspecified atom stereocenters. The second kappa shape index (κ2) is 20.6. The molecule has 0 N–H and O–H groups in total. The van der Waals surface area contributed by atoms with E-state index >= 15 is 0 Å². The second-order valence-corrected chi connectivity index (χ2v) is 0. The normalized spacial score (nSPS) is 0. The van der Waals surface area contributed by atoms with Gasteiger partial charge in [-0.2, -0.15) is 0 Å².